The first-order valence-corrected chi connectivity index (χ1v) is 4.31. The monoisotopic (exact) mass is 186 g/mol. The minimum Gasteiger partial charge on any atom is -0.360 e. The highest BCUT2D eigenvalue weighted by Gasteiger charge is 2.13. The van der Waals surface area contributed by atoms with Gasteiger partial charge in [0.05, 0.1) is 5.69 Å². The van der Waals surface area contributed by atoms with Crippen molar-refractivity contribution in [2.75, 3.05) is 0 Å². The molecule has 0 spiro atoms. The molecule has 2 aromatic rings. The molecule has 0 amide bonds. The van der Waals surface area contributed by atoms with Crippen LogP contribution in [-0.2, 0) is 7.05 Å². The van der Waals surface area contributed by atoms with Crippen LogP contribution >= 0.6 is 0 Å². The Hall–Kier alpha value is -2.02. The third-order valence-electron chi connectivity index (χ3n) is 2.28. The first-order chi connectivity index (χ1) is 6.74. The largest absolute Gasteiger partial charge is 0.360 e. The minimum atomic E-state index is 0.588. The van der Waals surface area contributed by atoms with Crippen LogP contribution in [-0.4, -0.2) is 14.5 Å². The molecule has 0 atom stereocenters. The first-order valence-electron chi connectivity index (χ1n) is 4.31. The highest BCUT2D eigenvalue weighted by Crippen LogP contribution is 2.20. The van der Waals surface area contributed by atoms with Crippen molar-refractivity contribution in [1.82, 2.24) is 14.5 Å². The van der Waals surface area contributed by atoms with Crippen LogP contribution in [0.3, 0.4) is 0 Å². The molecule has 0 bridgehead atoms. The van der Waals surface area contributed by atoms with Gasteiger partial charge in [-0.2, -0.15) is 5.26 Å². The van der Waals surface area contributed by atoms with Crippen LogP contribution in [0.15, 0.2) is 18.3 Å². The summed E-state index contributed by atoms with van der Waals surface area (Å²) in [5, 5.41) is 8.99. The van der Waals surface area contributed by atoms with Crippen LogP contribution in [0.2, 0.25) is 0 Å². The average Bonchev–Trinajstić information content (AvgIpc) is 2.76. The molecule has 70 valence electrons. The van der Waals surface area contributed by atoms with Gasteiger partial charge in [-0.15, -0.1) is 0 Å². The van der Waals surface area contributed by atoms with E-state index in [1.54, 1.807) is 4.57 Å². The Morgan fingerprint density at radius 3 is 2.93 bits per heavy atom. The van der Waals surface area contributed by atoms with Gasteiger partial charge >= 0.3 is 0 Å². The summed E-state index contributed by atoms with van der Waals surface area (Å²) in [6, 6.07) is 5.95. The van der Waals surface area contributed by atoms with Crippen LogP contribution in [0.5, 0.6) is 0 Å². The van der Waals surface area contributed by atoms with Crippen molar-refractivity contribution < 1.29 is 0 Å². The molecule has 0 aliphatic carbocycles. The molecule has 4 nitrogen and oxygen atoms in total. The Kier molecular flexibility index (Phi) is 1.86. The van der Waals surface area contributed by atoms with E-state index in [4.69, 9.17) is 5.26 Å². The number of imidazole rings is 1. The van der Waals surface area contributed by atoms with Gasteiger partial charge in [-0.3, -0.25) is 0 Å². The van der Waals surface area contributed by atoms with Crippen LogP contribution < -0.4 is 0 Å². The Labute approximate surface area is 81.8 Å². The van der Waals surface area contributed by atoms with Gasteiger partial charge in [0.1, 0.15) is 23.3 Å². The smallest absolute Gasteiger partial charge is 0.149 e. The maximum absolute atomic E-state index is 8.99. The van der Waals surface area contributed by atoms with Crippen molar-refractivity contribution in [1.29, 1.82) is 5.26 Å². The van der Waals surface area contributed by atoms with Crippen molar-refractivity contribution in [3.05, 3.63) is 29.8 Å². The number of nitriles is 1. The Bertz CT molecular complexity index is 485. The molecule has 0 radical (unpaired) electrons. The Morgan fingerprint density at radius 2 is 2.36 bits per heavy atom. The molecule has 2 rings (SSSR count). The van der Waals surface area contributed by atoms with Gasteiger partial charge in [0.2, 0.25) is 0 Å². The molecule has 0 aromatic carbocycles. The number of aromatic nitrogens is 3. The number of hydrogen-bond acceptors (Lipinski definition) is 2. The highest BCUT2D eigenvalue weighted by molar-refractivity contribution is 5.61. The molecule has 0 aliphatic heterocycles. The van der Waals surface area contributed by atoms with E-state index >= 15 is 0 Å². The van der Waals surface area contributed by atoms with Gasteiger partial charge in [0.15, 0.2) is 0 Å². The molecule has 14 heavy (non-hydrogen) atoms. The lowest BCUT2D eigenvalue weighted by molar-refractivity contribution is 0.845. The van der Waals surface area contributed by atoms with Gasteiger partial charge in [-0.1, -0.05) is 0 Å². The lowest BCUT2D eigenvalue weighted by Crippen LogP contribution is -1.94. The number of aromatic amines is 1. The van der Waals surface area contributed by atoms with Gasteiger partial charge in [-0.25, -0.2) is 4.98 Å². The van der Waals surface area contributed by atoms with E-state index in [9.17, 15) is 0 Å². The summed E-state index contributed by atoms with van der Waals surface area (Å²) < 4.78 is 1.79. The Morgan fingerprint density at radius 1 is 1.57 bits per heavy atom. The summed E-state index contributed by atoms with van der Waals surface area (Å²) in [4.78, 5) is 7.37. The highest BCUT2D eigenvalue weighted by atomic mass is 15.1. The molecule has 0 aliphatic rings. The zero-order valence-electron chi connectivity index (χ0n) is 8.07. The quantitative estimate of drug-likeness (QED) is 0.735. The fourth-order valence-electron chi connectivity index (χ4n) is 1.40. The maximum Gasteiger partial charge on any atom is 0.149 e. The number of H-pyrrole nitrogens is 1. The molecular formula is C10H10N4. The number of nitrogens with one attached hydrogen (secondary N) is 1. The normalized spacial score (nSPS) is 10.1. The molecule has 1 N–H and O–H groups in total. The molecule has 2 aromatic heterocycles. The summed E-state index contributed by atoms with van der Waals surface area (Å²) >= 11 is 0. The summed E-state index contributed by atoms with van der Waals surface area (Å²) in [7, 11) is 1.84. The summed E-state index contributed by atoms with van der Waals surface area (Å²) in [6.45, 7) is 1.88. The van der Waals surface area contributed by atoms with Crippen LogP contribution in [0.25, 0.3) is 11.4 Å². The van der Waals surface area contributed by atoms with Crippen LogP contribution in [0.1, 0.15) is 11.5 Å². The number of rotatable bonds is 1. The van der Waals surface area contributed by atoms with Crippen molar-refractivity contribution >= 4 is 0 Å². The second-order valence-electron chi connectivity index (χ2n) is 3.11. The van der Waals surface area contributed by atoms with Gasteiger partial charge < -0.3 is 9.55 Å². The van der Waals surface area contributed by atoms with E-state index in [-0.39, 0.29) is 0 Å². The predicted octanol–water partition coefficient (Wildman–Crippen LogP) is 1.60. The van der Waals surface area contributed by atoms with E-state index in [1.807, 2.05) is 32.3 Å². The van der Waals surface area contributed by atoms with Crippen molar-refractivity contribution in [2.45, 2.75) is 6.92 Å². The van der Waals surface area contributed by atoms with Crippen molar-refractivity contribution in [3.63, 3.8) is 0 Å². The summed E-state index contributed by atoms with van der Waals surface area (Å²) in [6.07, 6.45) is 1.82. The lowest BCUT2D eigenvalue weighted by Gasteiger charge is -1.94. The van der Waals surface area contributed by atoms with Crippen LogP contribution in [0, 0.1) is 18.3 Å². The SMILES string of the molecule is Cc1nc(-c2ccc[nH]2)c(C#N)n1C. The number of nitrogens with zero attached hydrogens (tertiary/aromatic N) is 3. The van der Waals surface area contributed by atoms with Gasteiger partial charge in [-0.05, 0) is 19.1 Å². The molecule has 0 unspecified atom stereocenters. The molecule has 4 heteroatoms. The van der Waals surface area contributed by atoms with Gasteiger partial charge in [0, 0.05) is 13.2 Å². The number of hydrogen-bond donors (Lipinski definition) is 1. The number of aryl methyl sites for hydroxylation is 1. The third kappa shape index (κ3) is 1.11. The summed E-state index contributed by atoms with van der Waals surface area (Å²) in [5.41, 5.74) is 2.19. The molecule has 0 saturated heterocycles. The fourth-order valence-corrected chi connectivity index (χ4v) is 1.40. The van der Waals surface area contributed by atoms with Gasteiger partial charge in [0.25, 0.3) is 0 Å². The second-order valence-corrected chi connectivity index (χ2v) is 3.11. The molecule has 0 saturated carbocycles. The second kappa shape index (κ2) is 3.04. The first kappa shape index (κ1) is 8.57. The molecular weight excluding hydrogens is 176 g/mol. The fraction of sp³-hybridized carbons (Fsp3) is 0.200. The van der Waals surface area contributed by atoms with E-state index in [0.717, 1.165) is 17.2 Å². The Balaban J connectivity index is 2.66. The maximum atomic E-state index is 8.99. The van der Waals surface area contributed by atoms with E-state index in [2.05, 4.69) is 16.0 Å². The van der Waals surface area contributed by atoms with Crippen LogP contribution in [0.4, 0.5) is 0 Å². The molecule has 0 fully saturated rings. The van der Waals surface area contributed by atoms with E-state index < -0.39 is 0 Å². The third-order valence-corrected chi connectivity index (χ3v) is 2.28. The molecule has 2 heterocycles. The van der Waals surface area contributed by atoms with E-state index in [0.29, 0.717) is 5.69 Å². The average molecular weight is 186 g/mol. The van der Waals surface area contributed by atoms with Crippen molar-refractivity contribution in [3.8, 4) is 17.5 Å². The van der Waals surface area contributed by atoms with E-state index in [1.165, 1.54) is 0 Å². The minimum absolute atomic E-state index is 0.588. The summed E-state index contributed by atoms with van der Waals surface area (Å²) in [5.74, 6) is 0.839. The lowest BCUT2D eigenvalue weighted by atomic mass is 10.2. The zero-order valence-corrected chi connectivity index (χ0v) is 8.07. The topological polar surface area (TPSA) is 57.4 Å². The predicted molar refractivity (Wildman–Crippen MR) is 52.4 cm³/mol. The zero-order chi connectivity index (χ0) is 10.1. The van der Waals surface area contributed by atoms with Crippen molar-refractivity contribution in [2.24, 2.45) is 7.05 Å². The standard InChI is InChI=1S/C10H10N4/c1-7-13-10(8-4-3-5-12-8)9(6-11)14(7)2/h3-5,12H,1-2H3.